The summed E-state index contributed by atoms with van der Waals surface area (Å²) in [4.78, 5) is 25.6. The average molecular weight is 466 g/mol. The molecule has 2 heterocycles. The molecule has 0 unspecified atom stereocenters. The van der Waals surface area contributed by atoms with Gasteiger partial charge in [-0.1, -0.05) is 23.7 Å². The van der Waals surface area contributed by atoms with E-state index >= 15 is 0 Å². The van der Waals surface area contributed by atoms with E-state index in [0.29, 0.717) is 35.2 Å². The summed E-state index contributed by atoms with van der Waals surface area (Å²) < 4.78 is 43.4. The number of hydrogen-bond donors (Lipinski definition) is 1. The van der Waals surface area contributed by atoms with Crippen molar-refractivity contribution in [1.82, 2.24) is 20.3 Å². The van der Waals surface area contributed by atoms with Gasteiger partial charge in [-0.3, -0.25) is 4.90 Å². The number of nitrogens with zero attached hydrogens (tertiary/aromatic N) is 4. The zero-order valence-electron chi connectivity index (χ0n) is 17.2. The molecule has 2 amide bonds. The molecule has 2 aromatic heterocycles. The van der Waals surface area contributed by atoms with Gasteiger partial charge in [0, 0.05) is 25.9 Å². The second-order valence-corrected chi connectivity index (χ2v) is 7.06. The Morgan fingerprint density at radius 1 is 1.12 bits per heavy atom. The van der Waals surface area contributed by atoms with Crippen LogP contribution in [0.3, 0.4) is 0 Å². The van der Waals surface area contributed by atoms with Crippen molar-refractivity contribution in [1.29, 1.82) is 0 Å². The highest BCUT2D eigenvalue weighted by molar-refractivity contribution is 6.34. The number of nitrogens with one attached hydrogen (secondary N) is 1. The number of anilines is 1. The predicted octanol–water partition coefficient (Wildman–Crippen LogP) is 5.03. The third-order valence-electron chi connectivity index (χ3n) is 4.49. The lowest BCUT2D eigenvalue weighted by molar-refractivity contribution is -0.137. The highest BCUT2D eigenvalue weighted by Gasteiger charge is 2.30. The van der Waals surface area contributed by atoms with Crippen LogP contribution in [0.2, 0.25) is 5.02 Å². The molecule has 1 N–H and O–H groups in total. The van der Waals surface area contributed by atoms with E-state index < -0.39 is 11.7 Å². The lowest BCUT2D eigenvalue weighted by Gasteiger charge is -2.22. The molecule has 11 heteroatoms. The molecule has 0 radical (unpaired) electrons. The summed E-state index contributed by atoms with van der Waals surface area (Å²) in [5.41, 5.74) is 0.609. The number of urea groups is 1. The van der Waals surface area contributed by atoms with Gasteiger partial charge in [0.1, 0.15) is 17.1 Å². The van der Waals surface area contributed by atoms with Gasteiger partial charge in [0.05, 0.1) is 11.3 Å². The van der Waals surface area contributed by atoms with E-state index in [0.717, 1.165) is 23.9 Å². The molecule has 0 aliphatic carbocycles. The van der Waals surface area contributed by atoms with E-state index in [1.807, 2.05) is 0 Å². The number of ether oxygens (including phenoxy) is 1. The fourth-order valence-corrected chi connectivity index (χ4v) is 2.97. The Labute approximate surface area is 187 Å². The van der Waals surface area contributed by atoms with E-state index in [1.165, 1.54) is 18.3 Å². The molecule has 0 fully saturated rings. The second kappa shape index (κ2) is 9.82. The predicted molar refractivity (Wildman–Crippen MR) is 113 cm³/mol. The number of carbonyl (C=O) groups excluding carboxylic acids is 1. The van der Waals surface area contributed by atoms with Crippen molar-refractivity contribution in [3.63, 3.8) is 0 Å². The van der Waals surface area contributed by atoms with Gasteiger partial charge in [0.2, 0.25) is 5.88 Å². The van der Waals surface area contributed by atoms with Crippen LogP contribution in [0.15, 0.2) is 48.9 Å². The fraction of sp³-hybridized carbons (Fsp3) is 0.238. The topological polar surface area (TPSA) is 80.2 Å². The van der Waals surface area contributed by atoms with Crippen molar-refractivity contribution in [3.8, 4) is 11.6 Å². The Bertz CT molecular complexity index is 1080. The molecule has 32 heavy (non-hydrogen) atoms. The van der Waals surface area contributed by atoms with Gasteiger partial charge < -0.3 is 10.1 Å². The number of pyridine rings is 1. The van der Waals surface area contributed by atoms with Crippen LogP contribution in [-0.2, 0) is 12.6 Å². The molecule has 168 valence electrons. The maximum absolute atomic E-state index is 12.6. The lowest BCUT2D eigenvalue weighted by Crippen LogP contribution is -2.40. The first-order valence-corrected chi connectivity index (χ1v) is 9.83. The zero-order valence-corrected chi connectivity index (χ0v) is 17.9. The van der Waals surface area contributed by atoms with E-state index in [2.05, 4.69) is 20.3 Å². The Kier molecular flexibility index (Phi) is 7.14. The van der Waals surface area contributed by atoms with Gasteiger partial charge in [-0.2, -0.15) is 13.2 Å². The standard InChI is InChI=1S/C21H19ClF3N5O2/c1-13-18(22)19(29-12-28-13)30(20(31)26-2)10-9-14-3-6-16(7-4-14)32-17-8-5-15(11-27-17)21(23,24)25/h3-8,11-12H,9-10H2,1-2H3,(H,26,31). The summed E-state index contributed by atoms with van der Waals surface area (Å²) >= 11 is 6.27. The van der Waals surface area contributed by atoms with Gasteiger partial charge in [-0.25, -0.2) is 19.7 Å². The summed E-state index contributed by atoms with van der Waals surface area (Å²) in [6.45, 7) is 2.02. The molecule has 3 rings (SSSR count). The van der Waals surface area contributed by atoms with Gasteiger partial charge in [-0.05, 0) is 37.1 Å². The molecule has 0 spiro atoms. The van der Waals surface area contributed by atoms with Crippen LogP contribution >= 0.6 is 11.6 Å². The van der Waals surface area contributed by atoms with Crippen molar-refractivity contribution in [2.24, 2.45) is 0 Å². The first-order valence-electron chi connectivity index (χ1n) is 9.45. The van der Waals surface area contributed by atoms with Crippen LogP contribution in [-0.4, -0.2) is 34.6 Å². The number of rotatable bonds is 6. The van der Waals surface area contributed by atoms with Gasteiger partial charge in [-0.15, -0.1) is 0 Å². The van der Waals surface area contributed by atoms with Crippen molar-refractivity contribution >= 4 is 23.4 Å². The molecule has 0 atom stereocenters. The first-order chi connectivity index (χ1) is 15.2. The molecule has 0 bridgehead atoms. The highest BCUT2D eigenvalue weighted by Crippen LogP contribution is 2.30. The summed E-state index contributed by atoms with van der Waals surface area (Å²) in [6, 6.07) is 8.61. The molecule has 7 nitrogen and oxygen atoms in total. The minimum Gasteiger partial charge on any atom is -0.439 e. The summed E-state index contributed by atoms with van der Waals surface area (Å²) in [7, 11) is 1.51. The number of halogens is 4. The fourth-order valence-electron chi connectivity index (χ4n) is 2.77. The molecule has 0 saturated heterocycles. The van der Waals surface area contributed by atoms with Gasteiger partial charge in [0.15, 0.2) is 5.82 Å². The van der Waals surface area contributed by atoms with Crippen LogP contribution in [0.5, 0.6) is 11.6 Å². The van der Waals surface area contributed by atoms with E-state index in [4.69, 9.17) is 16.3 Å². The Balaban J connectivity index is 1.66. The van der Waals surface area contributed by atoms with Crippen molar-refractivity contribution in [2.45, 2.75) is 19.5 Å². The second-order valence-electron chi connectivity index (χ2n) is 6.68. The normalized spacial score (nSPS) is 11.2. The first kappa shape index (κ1) is 23.3. The maximum Gasteiger partial charge on any atom is 0.417 e. The van der Waals surface area contributed by atoms with Crippen LogP contribution < -0.4 is 15.0 Å². The van der Waals surface area contributed by atoms with E-state index in [1.54, 1.807) is 31.2 Å². The highest BCUT2D eigenvalue weighted by atomic mass is 35.5. The monoisotopic (exact) mass is 465 g/mol. The quantitative estimate of drug-likeness (QED) is 0.552. The lowest BCUT2D eigenvalue weighted by atomic mass is 10.1. The SMILES string of the molecule is CNC(=O)N(CCc1ccc(Oc2ccc(C(F)(F)F)cn2)cc1)c1ncnc(C)c1Cl. The number of aromatic nitrogens is 3. The van der Waals surface area contributed by atoms with Crippen molar-refractivity contribution < 1.29 is 22.7 Å². The summed E-state index contributed by atoms with van der Waals surface area (Å²) in [6.07, 6.45) is -1.90. The molecule has 0 saturated carbocycles. The van der Waals surface area contributed by atoms with E-state index in [-0.39, 0.29) is 11.9 Å². The zero-order chi connectivity index (χ0) is 23.3. The van der Waals surface area contributed by atoms with Gasteiger partial charge >= 0.3 is 12.2 Å². The van der Waals surface area contributed by atoms with Crippen molar-refractivity contribution in [2.75, 3.05) is 18.5 Å². The minimum absolute atomic E-state index is 0.0466. The number of carbonyl (C=O) groups is 1. The molecule has 0 aliphatic rings. The molecule has 1 aromatic carbocycles. The van der Waals surface area contributed by atoms with Crippen LogP contribution in [0.1, 0.15) is 16.8 Å². The van der Waals surface area contributed by atoms with Crippen LogP contribution in [0.4, 0.5) is 23.8 Å². The number of amides is 2. The van der Waals surface area contributed by atoms with E-state index in [9.17, 15) is 18.0 Å². The maximum atomic E-state index is 12.6. The number of hydrogen-bond acceptors (Lipinski definition) is 5. The third-order valence-corrected chi connectivity index (χ3v) is 4.94. The third kappa shape index (κ3) is 5.64. The largest absolute Gasteiger partial charge is 0.439 e. The molecule has 3 aromatic rings. The Morgan fingerprint density at radius 3 is 2.44 bits per heavy atom. The van der Waals surface area contributed by atoms with Crippen LogP contribution in [0.25, 0.3) is 0 Å². The average Bonchev–Trinajstić information content (AvgIpc) is 2.77. The molecule has 0 aliphatic heterocycles. The Hall–Kier alpha value is -3.40. The summed E-state index contributed by atoms with van der Waals surface area (Å²) in [5.74, 6) is 0.774. The number of benzene rings is 1. The summed E-state index contributed by atoms with van der Waals surface area (Å²) in [5, 5.41) is 2.86. The molecular formula is C21H19ClF3N5O2. The smallest absolute Gasteiger partial charge is 0.417 e. The van der Waals surface area contributed by atoms with Crippen molar-refractivity contribution in [3.05, 3.63) is 70.8 Å². The number of alkyl halides is 3. The number of aryl methyl sites for hydroxylation is 1. The Morgan fingerprint density at radius 2 is 1.84 bits per heavy atom. The molecular weight excluding hydrogens is 447 g/mol. The van der Waals surface area contributed by atoms with Crippen LogP contribution in [0, 0.1) is 6.92 Å². The minimum atomic E-state index is -4.45. The van der Waals surface area contributed by atoms with Gasteiger partial charge in [0.25, 0.3) is 0 Å².